The topological polar surface area (TPSA) is 0 Å². The molecule has 0 bridgehead atoms. The van der Waals surface area contributed by atoms with E-state index < -0.39 is 0 Å². The van der Waals surface area contributed by atoms with Gasteiger partial charge in [0, 0.05) is 0 Å². The molecule has 2 unspecified atom stereocenters. The first-order valence-corrected chi connectivity index (χ1v) is 4.80. The predicted molar refractivity (Wildman–Crippen MR) is 54.3 cm³/mol. The molecule has 0 heterocycles. The second kappa shape index (κ2) is 8.05. The van der Waals surface area contributed by atoms with E-state index in [4.69, 9.17) is 0 Å². The molecule has 2 heteroatoms. The normalized spacial score (nSPS) is 16.0. The van der Waals surface area contributed by atoms with Gasteiger partial charge in [0.05, 0.1) is 0 Å². The molecule has 2 atom stereocenters. The van der Waals surface area contributed by atoms with Gasteiger partial charge < -0.3 is 7.28 Å². The van der Waals surface area contributed by atoms with Crippen molar-refractivity contribution in [1.82, 2.24) is 0 Å². The minimum Gasteiger partial charge on any atom is -0.328 e. The zero-order chi connectivity index (χ0) is 9.02. The molecular formula is C10H22BK. The van der Waals surface area contributed by atoms with Gasteiger partial charge in [-0.3, -0.25) is 0 Å². The number of hydrogen-bond acceptors (Lipinski definition) is 0. The van der Waals surface area contributed by atoms with Crippen molar-refractivity contribution in [3.63, 3.8) is 0 Å². The van der Waals surface area contributed by atoms with Crippen LogP contribution in [0.4, 0.5) is 0 Å². The maximum atomic E-state index is 2.48. The van der Waals surface area contributed by atoms with E-state index in [2.05, 4.69) is 48.8 Å². The Labute approximate surface area is 122 Å². The first kappa shape index (κ1) is 16.1. The standard InChI is InChI=1S/C10H22B.K/c1-7(2)9(5)11-10(6)8(3)4;/h7-10H,1-6H3;/q-1;+1. The molecule has 0 saturated heterocycles. The molecule has 2 radical (unpaired) electrons. The fourth-order valence-corrected chi connectivity index (χ4v) is 0.923. The molecule has 0 amide bonds. The molecule has 0 aromatic rings. The molecule has 66 valence electrons. The van der Waals surface area contributed by atoms with Gasteiger partial charge in [-0.2, -0.15) is 0 Å². The Balaban J connectivity index is 0. The van der Waals surface area contributed by atoms with E-state index in [1.165, 1.54) is 0 Å². The van der Waals surface area contributed by atoms with Gasteiger partial charge in [0.2, 0.25) is 0 Å². The Morgan fingerprint density at radius 1 is 0.667 bits per heavy atom. The largest absolute Gasteiger partial charge is 1.00 e. The Morgan fingerprint density at radius 2 is 0.917 bits per heavy atom. The van der Waals surface area contributed by atoms with Crippen molar-refractivity contribution in [1.29, 1.82) is 0 Å². The van der Waals surface area contributed by atoms with E-state index in [-0.39, 0.29) is 51.4 Å². The molecule has 0 aliphatic carbocycles. The molecule has 0 N–H and O–H groups in total. The Bertz CT molecular complexity index is 90.0. The van der Waals surface area contributed by atoms with Crippen LogP contribution in [0.1, 0.15) is 41.5 Å². The average Bonchev–Trinajstić information content (AvgIpc) is 1.87. The van der Waals surface area contributed by atoms with Crippen LogP contribution in [0, 0.1) is 11.8 Å². The molecule has 0 nitrogen and oxygen atoms in total. The van der Waals surface area contributed by atoms with Crippen LogP contribution in [-0.2, 0) is 0 Å². The third kappa shape index (κ3) is 7.14. The summed E-state index contributed by atoms with van der Waals surface area (Å²) in [5.41, 5.74) is 0. The van der Waals surface area contributed by atoms with Crippen molar-refractivity contribution < 1.29 is 51.4 Å². The Hall–Kier alpha value is 1.70. The number of rotatable bonds is 4. The predicted octanol–water partition coefficient (Wildman–Crippen LogP) is 0.623. The summed E-state index contributed by atoms with van der Waals surface area (Å²) in [6.07, 6.45) is 0. The molecule has 0 aliphatic rings. The summed E-state index contributed by atoms with van der Waals surface area (Å²) in [6, 6.07) is 0. The van der Waals surface area contributed by atoms with Crippen LogP contribution >= 0.6 is 0 Å². The van der Waals surface area contributed by atoms with Gasteiger partial charge in [0.25, 0.3) is 0 Å². The van der Waals surface area contributed by atoms with Gasteiger partial charge in [-0.25, -0.2) is 11.6 Å². The smallest absolute Gasteiger partial charge is 0.328 e. The van der Waals surface area contributed by atoms with Crippen LogP contribution < -0.4 is 51.4 Å². The number of hydrogen-bond donors (Lipinski definition) is 0. The van der Waals surface area contributed by atoms with E-state index in [9.17, 15) is 0 Å². The van der Waals surface area contributed by atoms with E-state index in [1.807, 2.05) is 0 Å². The molecule has 0 spiro atoms. The molecule has 12 heavy (non-hydrogen) atoms. The van der Waals surface area contributed by atoms with Crippen LogP contribution in [-0.4, -0.2) is 7.28 Å². The summed E-state index contributed by atoms with van der Waals surface area (Å²) in [7, 11) is 2.48. The van der Waals surface area contributed by atoms with Crippen LogP contribution in [0.3, 0.4) is 0 Å². The summed E-state index contributed by atoms with van der Waals surface area (Å²) in [6.45, 7) is 13.8. The zero-order valence-corrected chi connectivity index (χ0v) is 13.0. The quantitative estimate of drug-likeness (QED) is 0.573. The van der Waals surface area contributed by atoms with Crippen molar-refractivity contribution in [3.05, 3.63) is 0 Å². The van der Waals surface area contributed by atoms with Gasteiger partial charge in [-0.05, 0) is 0 Å². The second-order valence-corrected chi connectivity index (χ2v) is 4.40. The summed E-state index contributed by atoms with van der Waals surface area (Å²) in [5.74, 6) is 3.09. The summed E-state index contributed by atoms with van der Waals surface area (Å²) < 4.78 is 0. The average molecular weight is 192 g/mol. The second-order valence-electron chi connectivity index (χ2n) is 4.40. The van der Waals surface area contributed by atoms with Crippen molar-refractivity contribution in [2.24, 2.45) is 11.8 Å². The minimum atomic E-state index is 0. The Kier molecular flexibility index (Phi) is 10.8. The van der Waals surface area contributed by atoms with E-state index >= 15 is 0 Å². The SMILES string of the molecule is CC(C)C(C)[B-]C(C)C(C)C.[K+]. The molecule has 0 aromatic carbocycles. The Morgan fingerprint density at radius 3 is 1.08 bits per heavy atom. The minimum absolute atomic E-state index is 0. The molecule has 0 rings (SSSR count). The van der Waals surface area contributed by atoms with Crippen LogP contribution in [0.2, 0.25) is 11.6 Å². The fraction of sp³-hybridized carbons (Fsp3) is 1.00. The fourth-order valence-electron chi connectivity index (χ4n) is 0.923. The molecule has 0 fully saturated rings. The van der Waals surface area contributed by atoms with Gasteiger partial charge in [-0.1, -0.05) is 53.4 Å². The van der Waals surface area contributed by atoms with Crippen LogP contribution in [0.15, 0.2) is 0 Å². The first-order chi connectivity index (χ1) is 4.95. The molecular weight excluding hydrogens is 170 g/mol. The molecule has 0 saturated carbocycles. The van der Waals surface area contributed by atoms with Crippen molar-refractivity contribution in [3.8, 4) is 0 Å². The van der Waals surface area contributed by atoms with Crippen molar-refractivity contribution in [2.45, 2.75) is 53.2 Å². The molecule has 0 aliphatic heterocycles. The van der Waals surface area contributed by atoms with E-state index in [0.29, 0.717) is 0 Å². The van der Waals surface area contributed by atoms with E-state index in [0.717, 1.165) is 23.5 Å². The maximum absolute atomic E-state index is 2.48. The third-order valence-corrected chi connectivity index (χ3v) is 2.71. The van der Waals surface area contributed by atoms with Crippen LogP contribution in [0.5, 0.6) is 0 Å². The summed E-state index contributed by atoms with van der Waals surface area (Å²) >= 11 is 0. The van der Waals surface area contributed by atoms with Gasteiger partial charge in [-0.15, -0.1) is 0 Å². The summed E-state index contributed by atoms with van der Waals surface area (Å²) in [5, 5.41) is 0. The van der Waals surface area contributed by atoms with Crippen LogP contribution in [0.25, 0.3) is 0 Å². The van der Waals surface area contributed by atoms with Crippen molar-refractivity contribution in [2.75, 3.05) is 0 Å². The maximum Gasteiger partial charge on any atom is 1.00 e. The third-order valence-electron chi connectivity index (χ3n) is 2.71. The zero-order valence-electron chi connectivity index (χ0n) is 9.89. The van der Waals surface area contributed by atoms with Gasteiger partial charge in [0.15, 0.2) is 0 Å². The van der Waals surface area contributed by atoms with E-state index in [1.54, 1.807) is 0 Å². The summed E-state index contributed by atoms with van der Waals surface area (Å²) in [4.78, 5) is 0. The van der Waals surface area contributed by atoms with Crippen molar-refractivity contribution >= 4 is 7.28 Å². The molecule has 0 aromatic heterocycles. The van der Waals surface area contributed by atoms with Gasteiger partial charge in [0.1, 0.15) is 0 Å². The monoisotopic (exact) mass is 192 g/mol. The first-order valence-electron chi connectivity index (χ1n) is 4.80. The van der Waals surface area contributed by atoms with Gasteiger partial charge >= 0.3 is 51.4 Å².